The van der Waals surface area contributed by atoms with Crippen LogP contribution in [0.4, 0.5) is 0 Å². The third-order valence-corrected chi connectivity index (χ3v) is 9.12. The number of carbonyl (C=O) groups excluding carboxylic acids is 1. The van der Waals surface area contributed by atoms with E-state index in [1.807, 2.05) is 0 Å². The van der Waals surface area contributed by atoms with Crippen molar-refractivity contribution in [1.29, 1.82) is 0 Å². The van der Waals surface area contributed by atoms with E-state index < -0.39 is 0 Å². The first-order valence-electron chi connectivity index (χ1n) is 10.2. The van der Waals surface area contributed by atoms with Crippen LogP contribution in [0.3, 0.4) is 0 Å². The molecule has 0 bridgehead atoms. The Balaban J connectivity index is 1.60. The highest BCUT2D eigenvalue weighted by Crippen LogP contribution is 2.67. The Labute approximate surface area is 146 Å². The number of aliphatic hydroxyl groups excluding tert-OH is 1. The maximum atomic E-state index is 12.3. The minimum absolute atomic E-state index is 0.0270. The number of carbonyl (C=O) groups is 1. The topological polar surface area (TPSA) is 46.5 Å². The van der Waals surface area contributed by atoms with Gasteiger partial charge in [-0.15, -0.1) is 0 Å². The molecule has 136 valence electrons. The van der Waals surface area contributed by atoms with Gasteiger partial charge >= 0.3 is 5.97 Å². The molecule has 4 aliphatic carbocycles. The van der Waals surface area contributed by atoms with Crippen molar-refractivity contribution in [2.45, 2.75) is 77.7 Å². The molecule has 0 heterocycles. The number of ether oxygens (including phenoxy) is 1. The number of esters is 1. The Morgan fingerprint density at radius 1 is 0.958 bits per heavy atom. The molecular formula is C21H34O3. The predicted octanol–water partition coefficient (Wildman–Crippen LogP) is 4.18. The maximum absolute atomic E-state index is 12.3. The number of hydrogen-bond donors (Lipinski definition) is 1. The molecule has 0 radical (unpaired) electrons. The van der Waals surface area contributed by atoms with E-state index >= 15 is 0 Å². The van der Waals surface area contributed by atoms with Gasteiger partial charge in [-0.2, -0.15) is 0 Å². The Morgan fingerprint density at radius 2 is 1.67 bits per heavy atom. The fourth-order valence-corrected chi connectivity index (χ4v) is 7.76. The maximum Gasteiger partial charge on any atom is 0.309 e. The van der Waals surface area contributed by atoms with Gasteiger partial charge in [0, 0.05) is 0 Å². The van der Waals surface area contributed by atoms with Crippen molar-refractivity contribution in [2.75, 3.05) is 7.11 Å². The van der Waals surface area contributed by atoms with Crippen molar-refractivity contribution in [1.82, 2.24) is 0 Å². The van der Waals surface area contributed by atoms with Gasteiger partial charge in [0.25, 0.3) is 0 Å². The van der Waals surface area contributed by atoms with Gasteiger partial charge in [-0.1, -0.05) is 13.8 Å². The van der Waals surface area contributed by atoms with Gasteiger partial charge in [0.1, 0.15) is 0 Å². The smallest absolute Gasteiger partial charge is 0.309 e. The van der Waals surface area contributed by atoms with Crippen LogP contribution in [0, 0.1) is 40.4 Å². The molecule has 0 saturated heterocycles. The monoisotopic (exact) mass is 334 g/mol. The molecular weight excluding hydrogens is 300 g/mol. The van der Waals surface area contributed by atoms with Crippen LogP contribution < -0.4 is 0 Å². The van der Waals surface area contributed by atoms with E-state index in [0.717, 1.165) is 31.1 Å². The summed E-state index contributed by atoms with van der Waals surface area (Å²) >= 11 is 0. The largest absolute Gasteiger partial charge is 0.469 e. The molecule has 24 heavy (non-hydrogen) atoms. The minimum atomic E-state index is -0.0660. The lowest BCUT2D eigenvalue weighted by atomic mass is 9.44. The second-order valence-electron chi connectivity index (χ2n) is 9.78. The van der Waals surface area contributed by atoms with Gasteiger partial charge in [0.2, 0.25) is 0 Å². The summed E-state index contributed by atoms with van der Waals surface area (Å²) in [5, 5.41) is 10.1. The van der Waals surface area contributed by atoms with Crippen LogP contribution in [0.2, 0.25) is 0 Å². The molecule has 0 aromatic rings. The molecule has 4 saturated carbocycles. The van der Waals surface area contributed by atoms with Gasteiger partial charge in [0.15, 0.2) is 0 Å². The third kappa shape index (κ3) is 2.22. The molecule has 0 aromatic heterocycles. The fraction of sp³-hybridized carbons (Fsp3) is 0.952. The van der Waals surface area contributed by atoms with Crippen molar-refractivity contribution in [2.24, 2.45) is 40.4 Å². The standard InChI is InChI=1S/C21H34O3/c1-20-10-8-14(22)12-13(20)4-5-15-16-6-7-18(19(23)24-3)21(16,2)11-9-17(15)20/h13-18,22H,4-12H2,1-3H3/t13?,14?,15-,16-,17-,18?,20-,21-/m0/s1. The van der Waals surface area contributed by atoms with E-state index in [1.165, 1.54) is 38.5 Å². The molecule has 0 aromatic carbocycles. The molecule has 0 spiro atoms. The number of hydrogen-bond acceptors (Lipinski definition) is 3. The molecule has 3 nitrogen and oxygen atoms in total. The summed E-state index contributed by atoms with van der Waals surface area (Å²) in [4.78, 5) is 12.3. The SMILES string of the molecule is COC(=O)C1CC[C@H]2[C@@H]3CCC4CC(O)CC[C@]4(C)[C@H]3CC[C@]12C. The molecule has 0 aliphatic heterocycles. The minimum Gasteiger partial charge on any atom is -0.469 e. The Hall–Kier alpha value is -0.570. The van der Waals surface area contributed by atoms with E-state index in [4.69, 9.17) is 4.74 Å². The summed E-state index contributed by atoms with van der Waals surface area (Å²) < 4.78 is 5.14. The molecule has 1 N–H and O–H groups in total. The van der Waals surface area contributed by atoms with Gasteiger partial charge < -0.3 is 9.84 Å². The number of fused-ring (bicyclic) bond motifs is 5. The van der Waals surface area contributed by atoms with Crippen LogP contribution in [0.25, 0.3) is 0 Å². The van der Waals surface area contributed by atoms with Crippen molar-refractivity contribution >= 4 is 5.97 Å². The Bertz CT molecular complexity index is 517. The predicted molar refractivity (Wildman–Crippen MR) is 93.2 cm³/mol. The first kappa shape index (κ1) is 16.9. The lowest BCUT2D eigenvalue weighted by molar-refractivity contribution is -0.157. The summed E-state index contributed by atoms with van der Waals surface area (Å²) in [5.41, 5.74) is 0.582. The average molecular weight is 335 g/mol. The molecule has 4 rings (SSSR count). The third-order valence-electron chi connectivity index (χ3n) is 9.12. The van der Waals surface area contributed by atoms with E-state index in [0.29, 0.717) is 17.3 Å². The van der Waals surface area contributed by atoms with E-state index in [9.17, 15) is 9.90 Å². The number of rotatable bonds is 1. The fourth-order valence-electron chi connectivity index (χ4n) is 7.76. The first-order chi connectivity index (χ1) is 11.4. The first-order valence-corrected chi connectivity index (χ1v) is 10.2. The van der Waals surface area contributed by atoms with Crippen LogP contribution >= 0.6 is 0 Å². The van der Waals surface area contributed by atoms with Crippen LogP contribution in [0.1, 0.15) is 71.6 Å². The second-order valence-corrected chi connectivity index (χ2v) is 9.78. The van der Waals surface area contributed by atoms with Gasteiger partial charge in [-0.3, -0.25) is 4.79 Å². The van der Waals surface area contributed by atoms with Gasteiger partial charge in [-0.05, 0) is 92.3 Å². The van der Waals surface area contributed by atoms with Crippen LogP contribution in [-0.2, 0) is 9.53 Å². The lowest BCUT2D eigenvalue weighted by Crippen LogP contribution is -2.54. The quantitative estimate of drug-likeness (QED) is 0.732. The van der Waals surface area contributed by atoms with Gasteiger partial charge in [-0.25, -0.2) is 0 Å². The Morgan fingerprint density at radius 3 is 2.42 bits per heavy atom. The van der Waals surface area contributed by atoms with Crippen molar-refractivity contribution < 1.29 is 14.6 Å². The van der Waals surface area contributed by atoms with Gasteiger partial charge in [0.05, 0.1) is 19.1 Å². The summed E-state index contributed by atoms with van der Waals surface area (Å²) in [5.74, 6) is 3.15. The van der Waals surface area contributed by atoms with Crippen LogP contribution in [0.5, 0.6) is 0 Å². The zero-order chi connectivity index (χ0) is 17.1. The van der Waals surface area contributed by atoms with Crippen LogP contribution in [0.15, 0.2) is 0 Å². The zero-order valence-electron chi connectivity index (χ0n) is 15.6. The molecule has 0 amide bonds. The highest BCUT2D eigenvalue weighted by atomic mass is 16.5. The zero-order valence-corrected chi connectivity index (χ0v) is 15.6. The van der Waals surface area contributed by atoms with E-state index in [1.54, 1.807) is 7.11 Å². The van der Waals surface area contributed by atoms with Crippen molar-refractivity contribution in [3.8, 4) is 0 Å². The highest BCUT2D eigenvalue weighted by Gasteiger charge is 2.61. The normalized spacial score (nSPS) is 53.7. The Kier molecular flexibility index (Phi) is 4.02. The van der Waals surface area contributed by atoms with E-state index in [2.05, 4.69) is 13.8 Å². The number of aliphatic hydroxyl groups is 1. The van der Waals surface area contributed by atoms with Crippen LogP contribution in [-0.4, -0.2) is 24.3 Å². The molecule has 3 heteroatoms. The summed E-state index contributed by atoms with van der Waals surface area (Å²) in [6.07, 6.45) is 10.4. The molecule has 3 unspecified atom stereocenters. The average Bonchev–Trinajstić information content (AvgIpc) is 2.92. The molecule has 8 atom stereocenters. The highest BCUT2D eigenvalue weighted by molar-refractivity contribution is 5.73. The molecule has 4 aliphatic rings. The van der Waals surface area contributed by atoms with Crippen molar-refractivity contribution in [3.05, 3.63) is 0 Å². The molecule has 4 fully saturated rings. The van der Waals surface area contributed by atoms with E-state index in [-0.39, 0.29) is 23.4 Å². The van der Waals surface area contributed by atoms with Crippen molar-refractivity contribution in [3.63, 3.8) is 0 Å². The number of methoxy groups -OCH3 is 1. The summed E-state index contributed by atoms with van der Waals surface area (Å²) in [6.45, 7) is 4.90. The summed E-state index contributed by atoms with van der Waals surface area (Å²) in [7, 11) is 1.55. The lowest BCUT2D eigenvalue weighted by Gasteiger charge is -2.60. The second kappa shape index (κ2) is 5.72. The summed E-state index contributed by atoms with van der Waals surface area (Å²) in [6, 6.07) is 0.